The maximum Gasteiger partial charge on any atom is 0.311 e. The van der Waals surface area contributed by atoms with Gasteiger partial charge >= 0.3 is 11.8 Å². The molecule has 1 unspecified atom stereocenters. The van der Waals surface area contributed by atoms with E-state index in [9.17, 15) is 9.59 Å². The summed E-state index contributed by atoms with van der Waals surface area (Å²) < 4.78 is 0. The molecule has 1 rings (SSSR count). The topological polar surface area (TPSA) is 73.2 Å². The van der Waals surface area contributed by atoms with E-state index in [1.807, 2.05) is 0 Å². The van der Waals surface area contributed by atoms with E-state index in [1.165, 1.54) is 0 Å². The Balaban J connectivity index is 2.47. The van der Waals surface area contributed by atoms with Gasteiger partial charge in [0, 0.05) is 13.1 Å². The zero-order valence-corrected chi connectivity index (χ0v) is 9.53. The van der Waals surface area contributed by atoms with E-state index >= 15 is 0 Å². The highest BCUT2D eigenvalue weighted by Gasteiger charge is 2.23. The lowest BCUT2D eigenvalue weighted by molar-refractivity contribution is -0.145. The lowest BCUT2D eigenvalue weighted by atomic mass is 10.0. The molecule has 1 aliphatic rings. The normalized spacial score (nSPS) is 20.8. The Labute approximate surface area is 95.4 Å². The summed E-state index contributed by atoms with van der Waals surface area (Å²) in [6.45, 7) is 3.32. The number of carbonyl (C=O) groups excluding carboxylic acids is 2. The van der Waals surface area contributed by atoms with Crippen LogP contribution < -0.4 is 5.32 Å². The van der Waals surface area contributed by atoms with Gasteiger partial charge in [-0.3, -0.25) is 9.59 Å². The summed E-state index contributed by atoms with van der Waals surface area (Å²) in [6, 6.07) is 1.77. The third-order valence-electron chi connectivity index (χ3n) is 2.83. The van der Waals surface area contributed by atoms with Gasteiger partial charge in [0.25, 0.3) is 0 Å². The molecule has 0 radical (unpaired) electrons. The third-order valence-corrected chi connectivity index (χ3v) is 2.83. The Morgan fingerprint density at radius 2 is 2.19 bits per heavy atom. The molecule has 5 heteroatoms. The fraction of sp³-hybridized carbons (Fsp3) is 0.727. The molecule has 1 fully saturated rings. The highest BCUT2D eigenvalue weighted by atomic mass is 16.2. The van der Waals surface area contributed by atoms with Crippen LogP contribution in [0.5, 0.6) is 0 Å². The number of likely N-dealkylation sites (tertiary alicyclic amines) is 1. The Bertz CT molecular complexity index is 309. The van der Waals surface area contributed by atoms with Crippen LogP contribution in [0.3, 0.4) is 0 Å². The molecule has 0 bridgehead atoms. The van der Waals surface area contributed by atoms with E-state index < -0.39 is 11.8 Å². The summed E-state index contributed by atoms with van der Waals surface area (Å²) in [6.07, 6.45) is 2.99. The van der Waals surface area contributed by atoms with Crippen LogP contribution in [0.1, 0.15) is 26.2 Å². The Morgan fingerprint density at radius 1 is 1.44 bits per heavy atom. The molecule has 0 aromatic heterocycles. The molecular weight excluding hydrogens is 206 g/mol. The molecule has 1 heterocycles. The van der Waals surface area contributed by atoms with Crippen molar-refractivity contribution in [2.24, 2.45) is 5.92 Å². The summed E-state index contributed by atoms with van der Waals surface area (Å²) in [5.41, 5.74) is 0. The van der Waals surface area contributed by atoms with Crippen LogP contribution in [0.2, 0.25) is 0 Å². The van der Waals surface area contributed by atoms with Gasteiger partial charge in [0.1, 0.15) is 6.54 Å². The number of amides is 2. The standard InChI is InChI=1S/C11H17N3O2/c1-9-3-2-7-14(8-4-9)11(16)10(15)13-6-5-12/h9H,2-4,6-8H2,1H3,(H,13,15). The molecule has 16 heavy (non-hydrogen) atoms. The number of nitrogens with zero attached hydrogens (tertiary/aromatic N) is 2. The number of rotatable bonds is 1. The fourth-order valence-corrected chi connectivity index (χ4v) is 1.81. The molecular formula is C11H17N3O2. The van der Waals surface area contributed by atoms with Crippen molar-refractivity contribution < 1.29 is 9.59 Å². The van der Waals surface area contributed by atoms with Gasteiger partial charge in [0.05, 0.1) is 6.07 Å². The van der Waals surface area contributed by atoms with Crippen LogP contribution in [0, 0.1) is 17.2 Å². The Hall–Kier alpha value is -1.57. The first-order valence-electron chi connectivity index (χ1n) is 5.59. The number of nitriles is 1. The van der Waals surface area contributed by atoms with Crippen LogP contribution in [-0.2, 0) is 9.59 Å². The van der Waals surface area contributed by atoms with Crippen LogP contribution >= 0.6 is 0 Å². The minimum Gasteiger partial charge on any atom is -0.335 e. The summed E-state index contributed by atoms with van der Waals surface area (Å²) in [5, 5.41) is 10.6. The maximum absolute atomic E-state index is 11.7. The van der Waals surface area contributed by atoms with Crippen molar-refractivity contribution in [1.82, 2.24) is 10.2 Å². The summed E-state index contributed by atoms with van der Waals surface area (Å²) >= 11 is 0. The second-order valence-corrected chi connectivity index (χ2v) is 4.17. The van der Waals surface area contributed by atoms with Gasteiger partial charge in [-0.15, -0.1) is 0 Å². The first-order valence-corrected chi connectivity index (χ1v) is 5.59. The lowest BCUT2D eigenvalue weighted by Gasteiger charge is -2.19. The zero-order chi connectivity index (χ0) is 12.0. The molecule has 0 aliphatic carbocycles. The Morgan fingerprint density at radius 3 is 2.88 bits per heavy atom. The number of carbonyl (C=O) groups is 2. The van der Waals surface area contributed by atoms with Crippen LogP contribution in [0.25, 0.3) is 0 Å². The van der Waals surface area contributed by atoms with Crippen LogP contribution in [0.15, 0.2) is 0 Å². The summed E-state index contributed by atoms with van der Waals surface area (Å²) in [5.74, 6) is -0.569. The third kappa shape index (κ3) is 3.54. The molecule has 1 saturated heterocycles. The second kappa shape index (κ2) is 6.11. The summed E-state index contributed by atoms with van der Waals surface area (Å²) in [4.78, 5) is 24.6. The van der Waals surface area contributed by atoms with E-state index in [0.29, 0.717) is 19.0 Å². The lowest BCUT2D eigenvalue weighted by Crippen LogP contribution is -2.43. The predicted octanol–water partition coefficient (Wildman–Crippen LogP) is 0.275. The van der Waals surface area contributed by atoms with E-state index in [0.717, 1.165) is 19.3 Å². The molecule has 5 nitrogen and oxygen atoms in total. The smallest absolute Gasteiger partial charge is 0.311 e. The van der Waals surface area contributed by atoms with Gasteiger partial charge in [-0.25, -0.2) is 0 Å². The fourth-order valence-electron chi connectivity index (χ4n) is 1.81. The van der Waals surface area contributed by atoms with Crippen molar-refractivity contribution in [2.75, 3.05) is 19.6 Å². The average molecular weight is 223 g/mol. The largest absolute Gasteiger partial charge is 0.335 e. The van der Waals surface area contributed by atoms with Gasteiger partial charge in [0.15, 0.2) is 0 Å². The molecule has 0 aromatic carbocycles. The van der Waals surface area contributed by atoms with Gasteiger partial charge in [0.2, 0.25) is 0 Å². The first-order chi connectivity index (χ1) is 7.65. The average Bonchev–Trinajstić information content (AvgIpc) is 2.50. The van der Waals surface area contributed by atoms with Gasteiger partial charge in [-0.1, -0.05) is 6.92 Å². The van der Waals surface area contributed by atoms with Crippen LogP contribution in [0.4, 0.5) is 0 Å². The second-order valence-electron chi connectivity index (χ2n) is 4.17. The summed E-state index contributed by atoms with van der Waals surface area (Å²) in [7, 11) is 0. The molecule has 0 aromatic rings. The predicted molar refractivity (Wildman–Crippen MR) is 58.2 cm³/mol. The first kappa shape index (κ1) is 12.5. The van der Waals surface area contributed by atoms with Crippen LogP contribution in [-0.4, -0.2) is 36.3 Å². The van der Waals surface area contributed by atoms with E-state index in [1.54, 1.807) is 11.0 Å². The molecule has 88 valence electrons. The number of nitrogens with one attached hydrogen (secondary N) is 1. The van der Waals surface area contributed by atoms with Gasteiger partial charge < -0.3 is 10.2 Å². The zero-order valence-electron chi connectivity index (χ0n) is 9.53. The van der Waals surface area contributed by atoms with E-state index in [2.05, 4.69) is 12.2 Å². The molecule has 1 atom stereocenters. The van der Waals surface area contributed by atoms with Crippen molar-refractivity contribution in [3.8, 4) is 6.07 Å². The number of hydrogen-bond donors (Lipinski definition) is 1. The minimum atomic E-state index is -0.670. The van der Waals surface area contributed by atoms with E-state index in [4.69, 9.17) is 5.26 Å². The molecule has 0 spiro atoms. The SMILES string of the molecule is CC1CCCN(C(=O)C(=O)NCC#N)CC1. The molecule has 0 saturated carbocycles. The monoisotopic (exact) mass is 223 g/mol. The van der Waals surface area contributed by atoms with Crippen molar-refractivity contribution in [3.05, 3.63) is 0 Å². The quantitative estimate of drug-likeness (QED) is 0.512. The highest BCUT2D eigenvalue weighted by Crippen LogP contribution is 2.16. The highest BCUT2D eigenvalue weighted by molar-refractivity contribution is 6.35. The van der Waals surface area contributed by atoms with E-state index in [-0.39, 0.29) is 6.54 Å². The Kier molecular flexibility index (Phi) is 4.77. The molecule has 1 aliphatic heterocycles. The molecule has 2 amide bonds. The van der Waals surface area contributed by atoms with Crippen molar-refractivity contribution >= 4 is 11.8 Å². The maximum atomic E-state index is 11.7. The molecule has 1 N–H and O–H groups in total. The van der Waals surface area contributed by atoms with Gasteiger partial charge in [-0.2, -0.15) is 5.26 Å². The number of hydrogen-bond acceptors (Lipinski definition) is 3. The van der Waals surface area contributed by atoms with Crippen molar-refractivity contribution in [1.29, 1.82) is 5.26 Å². The minimum absolute atomic E-state index is 0.116. The van der Waals surface area contributed by atoms with Gasteiger partial charge in [-0.05, 0) is 25.2 Å². The van der Waals surface area contributed by atoms with Crippen molar-refractivity contribution in [2.45, 2.75) is 26.2 Å². The van der Waals surface area contributed by atoms with Crippen molar-refractivity contribution in [3.63, 3.8) is 0 Å².